The number of benzene rings is 3. The molecule has 5 heteroatoms. The molecule has 0 radical (unpaired) electrons. The lowest BCUT2D eigenvalue weighted by atomic mass is 9.79. The van der Waals surface area contributed by atoms with E-state index in [1.807, 2.05) is 105 Å². The Morgan fingerprint density at radius 1 is 0.824 bits per heavy atom. The van der Waals surface area contributed by atoms with Crippen molar-refractivity contribution < 1.29 is 14.4 Å². The minimum absolute atomic E-state index is 0.0186. The van der Waals surface area contributed by atoms with E-state index in [2.05, 4.69) is 0 Å². The third-order valence-corrected chi connectivity index (χ3v) is 7.48. The zero-order valence-corrected chi connectivity index (χ0v) is 19.4. The summed E-state index contributed by atoms with van der Waals surface area (Å²) in [6.07, 6.45) is 3.88. The lowest BCUT2D eigenvalue weighted by Gasteiger charge is -2.37. The Morgan fingerprint density at radius 3 is 2.29 bits per heavy atom. The maximum absolute atomic E-state index is 14.1. The van der Waals surface area contributed by atoms with Crippen molar-refractivity contribution in [1.29, 1.82) is 0 Å². The molecule has 3 aromatic carbocycles. The highest BCUT2D eigenvalue weighted by atomic mass is 16.2. The average Bonchev–Trinajstić information content (AvgIpc) is 3.30. The molecule has 3 aliphatic rings. The SMILES string of the molecule is CC(C)(C)C(=O)[C@H]1[C@H]2C(=O)N(c3cccc4ccccc34)C(=O)[C@@H]2[C@H]2c3ccccc3C=CN21. The molecule has 2 saturated heterocycles. The van der Waals surface area contributed by atoms with Crippen LogP contribution >= 0.6 is 0 Å². The van der Waals surface area contributed by atoms with Crippen LogP contribution in [0.3, 0.4) is 0 Å². The zero-order valence-electron chi connectivity index (χ0n) is 19.4. The molecule has 2 amide bonds. The number of fused-ring (bicyclic) bond motifs is 6. The highest BCUT2D eigenvalue weighted by molar-refractivity contribution is 6.26. The number of anilines is 1. The van der Waals surface area contributed by atoms with E-state index in [-0.39, 0.29) is 23.6 Å². The van der Waals surface area contributed by atoms with E-state index >= 15 is 0 Å². The Bertz CT molecular complexity index is 1390. The fourth-order valence-corrected chi connectivity index (χ4v) is 5.94. The molecule has 0 spiro atoms. The van der Waals surface area contributed by atoms with E-state index in [0.717, 1.165) is 21.9 Å². The molecule has 3 heterocycles. The number of nitrogens with zero attached hydrogens (tertiary/aromatic N) is 2. The van der Waals surface area contributed by atoms with Gasteiger partial charge in [-0.25, -0.2) is 4.90 Å². The van der Waals surface area contributed by atoms with Gasteiger partial charge in [0.05, 0.1) is 23.6 Å². The summed E-state index contributed by atoms with van der Waals surface area (Å²) in [4.78, 5) is 45.2. The number of Topliss-reactive ketones (excluding diaryl/α,β-unsaturated/α-hetero) is 1. The van der Waals surface area contributed by atoms with Gasteiger partial charge < -0.3 is 4.90 Å². The first-order valence-corrected chi connectivity index (χ1v) is 11.7. The first-order chi connectivity index (χ1) is 16.3. The summed E-state index contributed by atoms with van der Waals surface area (Å²) in [6, 6.07) is 20.3. The predicted octanol–water partition coefficient (Wildman–Crippen LogP) is 4.97. The Labute approximate surface area is 198 Å². The van der Waals surface area contributed by atoms with E-state index in [0.29, 0.717) is 5.69 Å². The van der Waals surface area contributed by atoms with E-state index in [1.165, 1.54) is 4.90 Å². The summed E-state index contributed by atoms with van der Waals surface area (Å²) < 4.78 is 0. The number of amides is 2. The van der Waals surface area contributed by atoms with E-state index in [4.69, 9.17) is 0 Å². The molecule has 34 heavy (non-hydrogen) atoms. The lowest BCUT2D eigenvalue weighted by molar-refractivity contribution is -0.135. The Hall–Kier alpha value is -3.73. The van der Waals surface area contributed by atoms with Crippen LogP contribution in [0.1, 0.15) is 37.9 Å². The highest BCUT2D eigenvalue weighted by Crippen LogP contribution is 2.54. The highest BCUT2D eigenvalue weighted by Gasteiger charge is 2.65. The third-order valence-electron chi connectivity index (χ3n) is 7.48. The second kappa shape index (κ2) is 7.13. The molecule has 3 aliphatic heterocycles. The van der Waals surface area contributed by atoms with E-state index < -0.39 is 23.3 Å². The molecule has 6 rings (SSSR count). The molecule has 0 aromatic heterocycles. The Kier molecular flexibility index (Phi) is 4.37. The molecule has 0 aliphatic carbocycles. The van der Waals surface area contributed by atoms with Crippen LogP contribution in [-0.2, 0) is 14.4 Å². The van der Waals surface area contributed by atoms with Gasteiger partial charge in [-0.05, 0) is 28.7 Å². The van der Waals surface area contributed by atoms with Crippen LogP contribution in [0.4, 0.5) is 5.69 Å². The zero-order chi connectivity index (χ0) is 23.8. The number of carbonyl (C=O) groups excluding carboxylic acids is 3. The van der Waals surface area contributed by atoms with Crippen LogP contribution in [0.2, 0.25) is 0 Å². The number of imide groups is 1. The number of hydrogen-bond acceptors (Lipinski definition) is 4. The molecular weight excluding hydrogens is 424 g/mol. The van der Waals surface area contributed by atoms with Crippen molar-refractivity contribution in [3.63, 3.8) is 0 Å². The third kappa shape index (κ3) is 2.76. The number of carbonyl (C=O) groups is 3. The minimum atomic E-state index is -0.723. The molecule has 5 nitrogen and oxygen atoms in total. The van der Waals surface area contributed by atoms with Crippen molar-refractivity contribution in [3.05, 3.63) is 84.1 Å². The van der Waals surface area contributed by atoms with Crippen LogP contribution in [0.25, 0.3) is 16.8 Å². The molecule has 3 aromatic rings. The minimum Gasteiger partial charge on any atom is -0.359 e. The van der Waals surface area contributed by atoms with Gasteiger partial charge in [-0.15, -0.1) is 0 Å². The fraction of sp³-hybridized carbons (Fsp3) is 0.276. The summed E-state index contributed by atoms with van der Waals surface area (Å²) in [7, 11) is 0. The van der Waals surface area contributed by atoms with Crippen LogP contribution in [0, 0.1) is 17.3 Å². The standard InChI is InChI=1S/C29H26N2O3/c1-29(2,3)26(32)25-23-22(24-20-13-7-5-10-18(20)15-16-30(24)25)27(33)31(28(23)34)21-14-8-11-17-9-4-6-12-19(17)21/h4-16,22-25H,1-3H3/t22-,23-,24+,25+/m0/s1. The van der Waals surface area contributed by atoms with Crippen LogP contribution in [-0.4, -0.2) is 28.5 Å². The molecule has 0 unspecified atom stereocenters. The van der Waals surface area contributed by atoms with Gasteiger partial charge in [-0.3, -0.25) is 14.4 Å². The van der Waals surface area contributed by atoms with E-state index in [9.17, 15) is 14.4 Å². The first-order valence-electron chi connectivity index (χ1n) is 11.7. The molecule has 0 N–H and O–H groups in total. The largest absolute Gasteiger partial charge is 0.359 e. The van der Waals surface area contributed by atoms with Gasteiger partial charge in [0, 0.05) is 17.0 Å². The average molecular weight is 451 g/mol. The number of ketones is 1. The summed E-state index contributed by atoms with van der Waals surface area (Å²) in [5.74, 6) is -1.87. The van der Waals surface area contributed by atoms with Crippen LogP contribution in [0.15, 0.2) is 72.9 Å². The van der Waals surface area contributed by atoms with Gasteiger partial charge in [0.2, 0.25) is 11.8 Å². The van der Waals surface area contributed by atoms with Crippen molar-refractivity contribution >= 4 is 40.1 Å². The lowest BCUT2D eigenvalue weighted by Crippen LogP contribution is -2.47. The van der Waals surface area contributed by atoms with Crippen molar-refractivity contribution in [1.82, 2.24) is 4.90 Å². The molecule has 0 saturated carbocycles. The molecule has 2 fully saturated rings. The van der Waals surface area contributed by atoms with Crippen LogP contribution in [0.5, 0.6) is 0 Å². The van der Waals surface area contributed by atoms with Crippen molar-refractivity contribution in [3.8, 4) is 0 Å². The Morgan fingerprint density at radius 2 is 1.50 bits per heavy atom. The number of rotatable bonds is 2. The normalized spacial score (nSPS) is 25.5. The summed E-state index contributed by atoms with van der Waals surface area (Å²) in [5, 5.41) is 1.82. The molecule has 170 valence electrons. The number of hydrogen-bond donors (Lipinski definition) is 0. The predicted molar refractivity (Wildman–Crippen MR) is 132 cm³/mol. The van der Waals surface area contributed by atoms with Gasteiger partial charge in [-0.1, -0.05) is 81.4 Å². The summed E-state index contributed by atoms with van der Waals surface area (Å²) >= 11 is 0. The maximum atomic E-state index is 14.1. The van der Waals surface area contributed by atoms with E-state index in [1.54, 1.807) is 0 Å². The molecule has 4 atom stereocenters. The Balaban J connectivity index is 1.54. The van der Waals surface area contributed by atoms with Crippen molar-refractivity contribution in [2.75, 3.05) is 4.90 Å². The molecule has 0 bridgehead atoms. The van der Waals surface area contributed by atoms with Crippen molar-refractivity contribution in [2.45, 2.75) is 32.9 Å². The van der Waals surface area contributed by atoms with Gasteiger partial charge in [-0.2, -0.15) is 0 Å². The summed E-state index contributed by atoms with van der Waals surface area (Å²) in [6.45, 7) is 5.63. The van der Waals surface area contributed by atoms with Crippen LogP contribution < -0.4 is 4.90 Å². The van der Waals surface area contributed by atoms with Gasteiger partial charge >= 0.3 is 0 Å². The quantitative estimate of drug-likeness (QED) is 0.517. The smallest absolute Gasteiger partial charge is 0.240 e. The summed E-state index contributed by atoms with van der Waals surface area (Å²) in [5.41, 5.74) is 1.96. The maximum Gasteiger partial charge on any atom is 0.240 e. The van der Waals surface area contributed by atoms with Gasteiger partial charge in [0.25, 0.3) is 0 Å². The first kappa shape index (κ1) is 20.8. The van der Waals surface area contributed by atoms with Gasteiger partial charge in [0.15, 0.2) is 5.78 Å². The molecular formula is C29H26N2O3. The monoisotopic (exact) mass is 450 g/mol. The topological polar surface area (TPSA) is 57.7 Å². The van der Waals surface area contributed by atoms with Gasteiger partial charge in [0.1, 0.15) is 6.04 Å². The fourth-order valence-electron chi connectivity index (χ4n) is 5.94. The second-order valence-corrected chi connectivity index (χ2v) is 10.5. The second-order valence-electron chi connectivity index (χ2n) is 10.5. The van der Waals surface area contributed by atoms with Crippen molar-refractivity contribution in [2.24, 2.45) is 17.3 Å².